The van der Waals surface area contributed by atoms with Crippen molar-refractivity contribution in [1.29, 1.82) is 0 Å². The summed E-state index contributed by atoms with van der Waals surface area (Å²) < 4.78 is 9.29. The number of carbonyl (C=O) groups excluding carboxylic acids is 1. The van der Waals surface area contributed by atoms with Crippen molar-refractivity contribution in [2.24, 2.45) is 7.05 Å². The first-order valence-electron chi connectivity index (χ1n) is 6.62. The lowest BCUT2D eigenvalue weighted by atomic mass is 10.0. The largest absolute Gasteiger partial charge is 0.454 e. The zero-order valence-electron chi connectivity index (χ0n) is 12.3. The fraction of sp³-hybridized carbons (Fsp3) is 0.400. The van der Waals surface area contributed by atoms with Gasteiger partial charge in [-0.05, 0) is 12.5 Å². The standard InChI is InChI=1S/C15H20N3O2/c1-11(18-10-17(4)16-12(18)2)15(20-13(3)19)14-8-6-5-7-9-14/h5-11,15H,1-4H3/q+1/t11-,15-/m0/s1. The van der Waals surface area contributed by atoms with Gasteiger partial charge in [0, 0.05) is 18.9 Å². The van der Waals surface area contributed by atoms with Crippen molar-refractivity contribution in [2.75, 3.05) is 0 Å². The van der Waals surface area contributed by atoms with Gasteiger partial charge in [-0.2, -0.15) is 0 Å². The summed E-state index contributed by atoms with van der Waals surface area (Å²) >= 11 is 0. The van der Waals surface area contributed by atoms with Gasteiger partial charge in [0.15, 0.2) is 6.10 Å². The zero-order valence-corrected chi connectivity index (χ0v) is 12.3. The van der Waals surface area contributed by atoms with Crippen LogP contribution in [0.3, 0.4) is 0 Å². The van der Waals surface area contributed by atoms with Gasteiger partial charge in [-0.25, -0.2) is 4.57 Å². The molecule has 106 valence electrons. The van der Waals surface area contributed by atoms with Crippen molar-refractivity contribution >= 4 is 5.97 Å². The van der Waals surface area contributed by atoms with Crippen LogP contribution in [0.25, 0.3) is 0 Å². The summed E-state index contributed by atoms with van der Waals surface area (Å²) in [6.07, 6.45) is 1.57. The molecule has 0 bridgehead atoms. The number of carbonyl (C=O) groups is 1. The van der Waals surface area contributed by atoms with Gasteiger partial charge in [0.05, 0.1) is 7.05 Å². The Morgan fingerprint density at radius 2 is 2.00 bits per heavy atom. The van der Waals surface area contributed by atoms with E-state index in [0.29, 0.717) is 0 Å². The molecule has 2 aromatic rings. The average Bonchev–Trinajstić information content (AvgIpc) is 2.75. The van der Waals surface area contributed by atoms with Crippen LogP contribution in [0.4, 0.5) is 0 Å². The zero-order chi connectivity index (χ0) is 14.7. The Kier molecular flexibility index (Phi) is 4.17. The van der Waals surface area contributed by atoms with Crippen LogP contribution in [0.5, 0.6) is 0 Å². The van der Waals surface area contributed by atoms with Crippen LogP contribution in [0.2, 0.25) is 0 Å². The molecule has 2 rings (SSSR count). The third-order valence-corrected chi connectivity index (χ3v) is 3.27. The Morgan fingerprint density at radius 3 is 2.50 bits per heavy atom. The van der Waals surface area contributed by atoms with Crippen molar-refractivity contribution in [3.05, 3.63) is 48.0 Å². The first kappa shape index (κ1) is 14.2. The van der Waals surface area contributed by atoms with Crippen LogP contribution < -0.4 is 4.57 Å². The summed E-state index contributed by atoms with van der Waals surface area (Å²) in [5, 5.41) is 4.33. The van der Waals surface area contributed by atoms with Gasteiger partial charge in [-0.3, -0.25) is 4.79 Å². The number of aromatic nitrogens is 3. The normalized spacial score (nSPS) is 13.8. The van der Waals surface area contributed by atoms with Gasteiger partial charge in [0.25, 0.3) is 5.82 Å². The van der Waals surface area contributed by atoms with Crippen molar-refractivity contribution in [3.8, 4) is 0 Å². The molecule has 0 spiro atoms. The molecule has 5 nitrogen and oxygen atoms in total. The van der Waals surface area contributed by atoms with Crippen LogP contribution in [0.15, 0.2) is 36.7 Å². The SMILES string of the molecule is CC(=O)O[C@H](c1ccccc1)[C@H](C)[n+]1cn(C)nc1C. The second kappa shape index (κ2) is 5.86. The summed E-state index contributed by atoms with van der Waals surface area (Å²) in [6.45, 7) is 5.39. The van der Waals surface area contributed by atoms with Gasteiger partial charge < -0.3 is 4.74 Å². The van der Waals surface area contributed by atoms with Crippen molar-refractivity contribution in [2.45, 2.75) is 32.9 Å². The molecular weight excluding hydrogens is 254 g/mol. The van der Waals surface area contributed by atoms with Gasteiger partial charge in [0.2, 0.25) is 6.33 Å². The third kappa shape index (κ3) is 3.04. The summed E-state index contributed by atoms with van der Waals surface area (Å²) in [7, 11) is 1.87. The van der Waals surface area contributed by atoms with Crippen LogP contribution in [-0.4, -0.2) is 15.7 Å². The summed E-state index contributed by atoms with van der Waals surface area (Å²) in [5.74, 6) is 0.598. The van der Waals surface area contributed by atoms with Crippen LogP contribution in [-0.2, 0) is 16.6 Å². The second-order valence-corrected chi connectivity index (χ2v) is 4.92. The van der Waals surface area contributed by atoms with E-state index in [9.17, 15) is 4.79 Å². The van der Waals surface area contributed by atoms with E-state index in [-0.39, 0.29) is 18.1 Å². The Morgan fingerprint density at radius 1 is 1.35 bits per heavy atom. The molecule has 1 aromatic carbocycles. The lowest BCUT2D eigenvalue weighted by Gasteiger charge is -2.22. The van der Waals surface area contributed by atoms with Gasteiger partial charge in [0.1, 0.15) is 6.04 Å². The molecule has 20 heavy (non-hydrogen) atoms. The van der Waals surface area contributed by atoms with Crippen LogP contribution in [0.1, 0.15) is 37.4 Å². The molecule has 0 saturated heterocycles. The first-order chi connectivity index (χ1) is 9.49. The Hall–Kier alpha value is -2.17. The van der Waals surface area contributed by atoms with E-state index in [1.807, 2.05) is 62.1 Å². The van der Waals surface area contributed by atoms with Crippen molar-refractivity contribution < 1.29 is 14.1 Å². The smallest absolute Gasteiger partial charge is 0.303 e. The number of rotatable bonds is 4. The minimum absolute atomic E-state index is 0.0324. The quantitative estimate of drug-likeness (QED) is 0.632. The van der Waals surface area contributed by atoms with E-state index < -0.39 is 0 Å². The van der Waals surface area contributed by atoms with Crippen molar-refractivity contribution in [1.82, 2.24) is 9.78 Å². The number of esters is 1. The van der Waals surface area contributed by atoms with Gasteiger partial charge >= 0.3 is 5.97 Å². The van der Waals surface area contributed by atoms with E-state index in [1.54, 1.807) is 4.68 Å². The first-order valence-corrected chi connectivity index (χ1v) is 6.62. The van der Waals surface area contributed by atoms with E-state index >= 15 is 0 Å². The number of benzene rings is 1. The second-order valence-electron chi connectivity index (χ2n) is 4.92. The van der Waals surface area contributed by atoms with Gasteiger partial charge in [-0.1, -0.05) is 30.3 Å². The highest BCUT2D eigenvalue weighted by Gasteiger charge is 2.28. The predicted octanol–water partition coefficient (Wildman–Crippen LogP) is 1.88. The Balaban J connectivity index is 2.36. The molecule has 0 radical (unpaired) electrons. The van der Waals surface area contributed by atoms with E-state index in [0.717, 1.165) is 11.4 Å². The molecule has 0 unspecified atom stereocenters. The molecule has 1 aromatic heterocycles. The van der Waals surface area contributed by atoms with Gasteiger partial charge in [-0.15, -0.1) is 4.68 Å². The monoisotopic (exact) mass is 274 g/mol. The highest BCUT2D eigenvalue weighted by atomic mass is 16.5. The maximum absolute atomic E-state index is 11.4. The van der Waals surface area contributed by atoms with E-state index in [2.05, 4.69) is 5.10 Å². The molecular formula is C15H20N3O2+. The number of aryl methyl sites for hydroxylation is 2. The molecule has 2 atom stereocenters. The van der Waals surface area contributed by atoms with E-state index in [4.69, 9.17) is 4.74 Å². The highest BCUT2D eigenvalue weighted by Crippen LogP contribution is 2.26. The molecule has 5 heteroatoms. The maximum atomic E-state index is 11.4. The van der Waals surface area contributed by atoms with E-state index in [1.165, 1.54) is 6.92 Å². The molecule has 0 fully saturated rings. The fourth-order valence-corrected chi connectivity index (χ4v) is 2.38. The molecule has 0 aliphatic rings. The Labute approximate surface area is 118 Å². The summed E-state index contributed by atoms with van der Waals surface area (Å²) in [5.41, 5.74) is 0.978. The number of nitrogens with zero attached hydrogens (tertiary/aromatic N) is 3. The maximum Gasteiger partial charge on any atom is 0.303 e. The molecule has 0 aliphatic heterocycles. The number of ether oxygens (including phenoxy) is 1. The molecule has 0 aliphatic carbocycles. The number of hydrogen-bond acceptors (Lipinski definition) is 3. The molecule has 0 N–H and O–H groups in total. The summed E-state index contributed by atoms with van der Waals surface area (Å²) in [4.78, 5) is 11.4. The minimum Gasteiger partial charge on any atom is -0.454 e. The Bertz CT molecular complexity index is 592. The minimum atomic E-state index is -0.332. The molecule has 1 heterocycles. The average molecular weight is 274 g/mol. The number of hydrogen-bond donors (Lipinski definition) is 0. The highest BCUT2D eigenvalue weighted by molar-refractivity contribution is 5.66. The lowest BCUT2D eigenvalue weighted by molar-refractivity contribution is -0.733. The predicted molar refractivity (Wildman–Crippen MR) is 73.8 cm³/mol. The van der Waals surface area contributed by atoms with Crippen molar-refractivity contribution in [3.63, 3.8) is 0 Å². The summed E-state index contributed by atoms with van der Waals surface area (Å²) in [6, 6.07) is 9.74. The van der Waals surface area contributed by atoms with Crippen LogP contribution >= 0.6 is 0 Å². The molecule has 0 saturated carbocycles. The lowest BCUT2D eigenvalue weighted by Crippen LogP contribution is -2.43. The molecule has 0 amide bonds. The third-order valence-electron chi connectivity index (χ3n) is 3.27. The fourth-order valence-electron chi connectivity index (χ4n) is 2.38. The topological polar surface area (TPSA) is 48.0 Å². The van der Waals surface area contributed by atoms with Crippen LogP contribution in [0, 0.1) is 6.92 Å².